The molecule has 3 aromatic rings. The number of hydrogen-bond acceptors (Lipinski definition) is 5. The number of rotatable bonds is 7. The van der Waals surface area contributed by atoms with E-state index in [4.69, 9.17) is 32.7 Å². The van der Waals surface area contributed by atoms with Gasteiger partial charge in [0.05, 0.1) is 34.1 Å². The van der Waals surface area contributed by atoms with Gasteiger partial charge in [-0.15, -0.1) is 0 Å². The molecular formula is C21H21Cl2N3O3. The second-order valence-corrected chi connectivity index (χ2v) is 7.31. The number of methoxy groups -OCH3 is 1. The van der Waals surface area contributed by atoms with Crippen LogP contribution in [0.1, 0.15) is 21.6 Å². The van der Waals surface area contributed by atoms with Crippen molar-refractivity contribution in [1.29, 1.82) is 0 Å². The number of benzene rings is 2. The van der Waals surface area contributed by atoms with Crippen LogP contribution < -0.4 is 14.4 Å². The average Bonchev–Trinajstić information content (AvgIpc) is 3.00. The van der Waals surface area contributed by atoms with Crippen LogP contribution in [0.4, 0.5) is 11.5 Å². The molecule has 3 rings (SSSR count). The Bertz CT molecular complexity index is 1030. The molecule has 6 nitrogen and oxygen atoms in total. The summed E-state index contributed by atoms with van der Waals surface area (Å²) in [5.74, 6) is 1.89. The van der Waals surface area contributed by atoms with Crippen molar-refractivity contribution in [2.75, 3.05) is 19.1 Å². The summed E-state index contributed by atoms with van der Waals surface area (Å²) in [7, 11) is 5.21. The van der Waals surface area contributed by atoms with Crippen molar-refractivity contribution < 1.29 is 14.3 Å². The van der Waals surface area contributed by atoms with Crippen molar-refractivity contribution >= 4 is 41.0 Å². The van der Waals surface area contributed by atoms with Crippen LogP contribution in [0.2, 0.25) is 10.0 Å². The van der Waals surface area contributed by atoms with Crippen LogP contribution in [-0.2, 0) is 13.7 Å². The Morgan fingerprint density at radius 3 is 2.48 bits per heavy atom. The number of halogens is 2. The highest BCUT2D eigenvalue weighted by molar-refractivity contribution is 6.37. The molecule has 8 heteroatoms. The van der Waals surface area contributed by atoms with Crippen LogP contribution in [0, 0.1) is 6.92 Å². The summed E-state index contributed by atoms with van der Waals surface area (Å²) in [5, 5.41) is 5.16. The number of carbonyl (C=O) groups excluding carboxylic acids is 1. The molecule has 0 aliphatic rings. The fraction of sp³-hybridized carbons (Fsp3) is 0.238. The Hall–Kier alpha value is -2.70. The number of nitrogens with zero attached hydrogens (tertiary/aromatic N) is 3. The van der Waals surface area contributed by atoms with E-state index < -0.39 is 0 Å². The van der Waals surface area contributed by atoms with Gasteiger partial charge in [-0.3, -0.25) is 9.48 Å². The highest BCUT2D eigenvalue weighted by Gasteiger charge is 2.21. The van der Waals surface area contributed by atoms with Gasteiger partial charge in [-0.2, -0.15) is 5.10 Å². The largest absolute Gasteiger partial charge is 0.497 e. The molecule has 0 aliphatic heterocycles. The molecule has 1 heterocycles. The Morgan fingerprint density at radius 2 is 1.86 bits per heavy atom. The quantitative estimate of drug-likeness (QED) is 0.479. The maximum absolute atomic E-state index is 11.5. The summed E-state index contributed by atoms with van der Waals surface area (Å²) in [6.07, 6.45) is 0.791. The average molecular weight is 434 g/mol. The van der Waals surface area contributed by atoms with Gasteiger partial charge >= 0.3 is 0 Å². The maximum atomic E-state index is 11.5. The monoisotopic (exact) mass is 433 g/mol. The van der Waals surface area contributed by atoms with E-state index >= 15 is 0 Å². The zero-order valence-electron chi connectivity index (χ0n) is 16.6. The van der Waals surface area contributed by atoms with E-state index in [2.05, 4.69) is 5.10 Å². The van der Waals surface area contributed by atoms with Crippen LogP contribution >= 0.6 is 23.2 Å². The van der Waals surface area contributed by atoms with Gasteiger partial charge in [0, 0.05) is 20.2 Å². The van der Waals surface area contributed by atoms with Crippen LogP contribution in [-0.4, -0.2) is 30.2 Å². The molecular weight excluding hydrogens is 413 g/mol. The number of aromatic nitrogens is 2. The molecule has 0 spiro atoms. The third-order valence-electron chi connectivity index (χ3n) is 4.59. The van der Waals surface area contributed by atoms with Gasteiger partial charge in [-0.05, 0) is 30.7 Å². The molecule has 152 valence electrons. The number of hydrogen-bond donors (Lipinski definition) is 0. The predicted molar refractivity (Wildman–Crippen MR) is 115 cm³/mol. The highest BCUT2D eigenvalue weighted by Crippen LogP contribution is 2.39. The second kappa shape index (κ2) is 8.76. The van der Waals surface area contributed by atoms with Crippen molar-refractivity contribution in [3.8, 4) is 11.5 Å². The normalized spacial score (nSPS) is 10.7. The lowest BCUT2D eigenvalue weighted by atomic mass is 10.2. The minimum Gasteiger partial charge on any atom is -0.497 e. The van der Waals surface area contributed by atoms with E-state index in [1.165, 1.54) is 0 Å². The lowest BCUT2D eigenvalue weighted by Crippen LogP contribution is -2.16. The smallest absolute Gasteiger partial charge is 0.155 e. The number of anilines is 2. The lowest BCUT2D eigenvalue weighted by Gasteiger charge is -2.22. The topological polar surface area (TPSA) is 56.6 Å². The van der Waals surface area contributed by atoms with Crippen LogP contribution in [0.25, 0.3) is 0 Å². The molecule has 0 radical (unpaired) electrons. The van der Waals surface area contributed by atoms with Gasteiger partial charge in [0.2, 0.25) is 0 Å². The van der Waals surface area contributed by atoms with E-state index in [0.29, 0.717) is 45.2 Å². The maximum Gasteiger partial charge on any atom is 0.155 e. The van der Waals surface area contributed by atoms with Crippen LogP contribution in [0.3, 0.4) is 0 Å². The molecule has 0 bridgehead atoms. The minimum absolute atomic E-state index is 0.332. The van der Waals surface area contributed by atoms with E-state index in [0.717, 1.165) is 17.6 Å². The first kappa shape index (κ1) is 21.0. The summed E-state index contributed by atoms with van der Waals surface area (Å²) in [4.78, 5) is 13.3. The van der Waals surface area contributed by atoms with Crippen molar-refractivity contribution in [1.82, 2.24) is 9.78 Å². The third-order valence-corrected chi connectivity index (χ3v) is 5.19. The standard InChI is InChI=1S/C21H21Cl2N3O3/c1-13-16(11-27)21(26(3)24-13)25(2)19-10-20(18(23)9-17(19)22)29-12-14-5-7-15(28-4)8-6-14/h5-11H,12H2,1-4H3. The Balaban J connectivity index is 1.90. The lowest BCUT2D eigenvalue weighted by molar-refractivity contribution is 0.112. The molecule has 0 saturated heterocycles. The zero-order chi connectivity index (χ0) is 21.1. The summed E-state index contributed by atoms with van der Waals surface area (Å²) >= 11 is 12.8. The molecule has 2 aromatic carbocycles. The first-order valence-electron chi connectivity index (χ1n) is 8.83. The fourth-order valence-corrected chi connectivity index (χ4v) is 3.65. The van der Waals surface area contributed by atoms with Crippen molar-refractivity contribution in [3.63, 3.8) is 0 Å². The van der Waals surface area contributed by atoms with Crippen LogP contribution in [0.15, 0.2) is 36.4 Å². The second-order valence-electron chi connectivity index (χ2n) is 6.49. The van der Waals surface area contributed by atoms with E-state index in [9.17, 15) is 4.79 Å². The highest BCUT2D eigenvalue weighted by atomic mass is 35.5. The van der Waals surface area contributed by atoms with Gasteiger partial charge < -0.3 is 14.4 Å². The Morgan fingerprint density at radius 1 is 1.17 bits per heavy atom. The predicted octanol–water partition coefficient (Wildman–Crippen LogP) is 5.20. The molecule has 0 N–H and O–H groups in total. The summed E-state index contributed by atoms with van der Waals surface area (Å²) < 4.78 is 12.7. The molecule has 0 aliphatic carbocycles. The number of aldehydes is 1. The molecule has 0 unspecified atom stereocenters. The van der Waals surface area contributed by atoms with Crippen molar-refractivity contribution in [3.05, 3.63) is 63.3 Å². The third kappa shape index (κ3) is 4.33. The zero-order valence-corrected chi connectivity index (χ0v) is 18.1. The van der Waals surface area contributed by atoms with Crippen molar-refractivity contribution in [2.45, 2.75) is 13.5 Å². The molecule has 0 amide bonds. The van der Waals surface area contributed by atoms with Gasteiger partial charge in [0.15, 0.2) is 6.29 Å². The van der Waals surface area contributed by atoms with Gasteiger partial charge in [0.25, 0.3) is 0 Å². The Labute approximate surface area is 179 Å². The number of aryl methyl sites for hydroxylation is 2. The summed E-state index contributed by atoms with van der Waals surface area (Å²) in [5.41, 5.74) is 2.76. The van der Waals surface area contributed by atoms with E-state index in [-0.39, 0.29) is 0 Å². The van der Waals surface area contributed by atoms with Gasteiger partial charge in [0.1, 0.15) is 23.9 Å². The fourth-order valence-electron chi connectivity index (χ4n) is 3.08. The first-order valence-corrected chi connectivity index (χ1v) is 9.58. The number of carbonyl (C=O) groups is 1. The van der Waals surface area contributed by atoms with Crippen molar-refractivity contribution in [2.24, 2.45) is 7.05 Å². The molecule has 0 atom stereocenters. The molecule has 0 fully saturated rings. The van der Waals surface area contributed by atoms with E-state index in [1.54, 1.807) is 42.8 Å². The Kier molecular flexibility index (Phi) is 6.35. The summed E-state index contributed by atoms with van der Waals surface area (Å²) in [6.45, 7) is 2.12. The SMILES string of the molecule is COc1ccc(COc2cc(N(C)c3c(C=O)c(C)nn3C)c(Cl)cc2Cl)cc1. The number of ether oxygens (including phenoxy) is 2. The van der Waals surface area contributed by atoms with E-state index in [1.807, 2.05) is 31.3 Å². The van der Waals surface area contributed by atoms with Gasteiger partial charge in [-0.25, -0.2) is 0 Å². The summed E-state index contributed by atoms with van der Waals surface area (Å²) in [6, 6.07) is 11.0. The minimum atomic E-state index is 0.332. The van der Waals surface area contributed by atoms with Crippen LogP contribution in [0.5, 0.6) is 11.5 Å². The van der Waals surface area contributed by atoms with Gasteiger partial charge in [-0.1, -0.05) is 35.3 Å². The first-order chi connectivity index (χ1) is 13.8. The molecule has 29 heavy (non-hydrogen) atoms. The molecule has 1 aromatic heterocycles. The molecule has 0 saturated carbocycles.